The summed E-state index contributed by atoms with van der Waals surface area (Å²) < 4.78 is 0.688. The average Bonchev–Trinajstić information content (AvgIpc) is 2.17. The highest BCUT2D eigenvalue weighted by atomic mass is 127. The Morgan fingerprint density at radius 1 is 1.60 bits per heavy atom. The Morgan fingerprint density at radius 3 is 2.80 bits per heavy atom. The molecule has 0 fully saturated rings. The lowest BCUT2D eigenvalue weighted by atomic mass is 10.2. The van der Waals surface area contributed by atoms with Crippen LogP contribution >= 0.6 is 22.6 Å². The van der Waals surface area contributed by atoms with Gasteiger partial charge in [0.1, 0.15) is 5.56 Å². The summed E-state index contributed by atoms with van der Waals surface area (Å²) in [5.74, 6) is -0.638. The number of hydrogen-bond acceptors (Lipinski definition) is 4. The van der Waals surface area contributed by atoms with Crippen LogP contribution in [0.1, 0.15) is 10.4 Å². The lowest BCUT2D eigenvalue weighted by Gasteiger charge is -2.03. The minimum Gasteiger partial charge on any atom is -0.277 e. The summed E-state index contributed by atoms with van der Waals surface area (Å²) in [5, 5.41) is 10.7. The quantitative estimate of drug-likeness (QED) is 0.519. The van der Waals surface area contributed by atoms with Gasteiger partial charge in [-0.15, -0.1) is 0 Å². The van der Waals surface area contributed by atoms with Crippen molar-refractivity contribution in [3.63, 3.8) is 0 Å². The first-order valence-electron chi connectivity index (χ1n) is 3.83. The van der Waals surface area contributed by atoms with Crippen molar-refractivity contribution in [2.45, 2.75) is 0 Å². The van der Waals surface area contributed by atoms with Gasteiger partial charge in [0.25, 0.3) is 11.6 Å². The molecule has 1 aromatic rings. The van der Waals surface area contributed by atoms with E-state index in [0.29, 0.717) is 3.57 Å². The molecule has 0 bridgehead atoms. The van der Waals surface area contributed by atoms with E-state index in [1.165, 1.54) is 19.2 Å². The number of carbonyl (C=O) groups excluding carboxylic acids is 1. The molecule has 1 N–H and O–H groups in total. The SMILES string of the molecule is CONC(=O)c1ccc(I)cc1[N+](=O)[O-]. The first-order valence-corrected chi connectivity index (χ1v) is 4.91. The van der Waals surface area contributed by atoms with Crippen LogP contribution in [0.15, 0.2) is 18.2 Å². The molecule has 0 saturated heterocycles. The Bertz CT molecular complexity index is 408. The normalized spacial score (nSPS) is 9.73. The van der Waals surface area contributed by atoms with Crippen molar-refractivity contribution in [3.8, 4) is 0 Å². The second-order valence-corrected chi connectivity index (χ2v) is 3.80. The summed E-state index contributed by atoms with van der Waals surface area (Å²) in [4.78, 5) is 25.8. The van der Waals surface area contributed by atoms with Gasteiger partial charge in [-0.05, 0) is 34.7 Å². The highest BCUT2D eigenvalue weighted by molar-refractivity contribution is 14.1. The van der Waals surface area contributed by atoms with E-state index in [1.807, 2.05) is 28.1 Å². The summed E-state index contributed by atoms with van der Waals surface area (Å²) >= 11 is 1.93. The van der Waals surface area contributed by atoms with Crippen LogP contribution < -0.4 is 5.48 Å². The van der Waals surface area contributed by atoms with Crippen LogP contribution in [0.2, 0.25) is 0 Å². The van der Waals surface area contributed by atoms with Crippen molar-refractivity contribution in [1.82, 2.24) is 5.48 Å². The zero-order valence-electron chi connectivity index (χ0n) is 7.69. The van der Waals surface area contributed by atoms with Crippen LogP contribution in [0.4, 0.5) is 5.69 Å². The molecule has 0 aliphatic heterocycles. The van der Waals surface area contributed by atoms with Gasteiger partial charge in [-0.3, -0.25) is 19.7 Å². The van der Waals surface area contributed by atoms with Crippen molar-refractivity contribution in [2.24, 2.45) is 0 Å². The van der Waals surface area contributed by atoms with Gasteiger partial charge in [0.15, 0.2) is 0 Å². The molecule has 0 saturated carbocycles. The average molecular weight is 322 g/mol. The topological polar surface area (TPSA) is 81.5 Å². The predicted molar refractivity (Wildman–Crippen MR) is 60.3 cm³/mol. The summed E-state index contributed by atoms with van der Waals surface area (Å²) in [6.07, 6.45) is 0. The Labute approximate surface area is 98.9 Å². The molecule has 0 aromatic heterocycles. The maximum Gasteiger partial charge on any atom is 0.283 e. The van der Waals surface area contributed by atoms with Crippen LogP contribution in [0.25, 0.3) is 0 Å². The maximum absolute atomic E-state index is 11.3. The van der Waals surface area contributed by atoms with Crippen molar-refractivity contribution in [1.29, 1.82) is 0 Å². The van der Waals surface area contributed by atoms with Crippen LogP contribution in [0.3, 0.4) is 0 Å². The number of benzene rings is 1. The van der Waals surface area contributed by atoms with Gasteiger partial charge in [-0.25, -0.2) is 5.48 Å². The molecule has 1 amide bonds. The molecule has 0 atom stereocenters. The number of halogens is 1. The number of nitro benzene ring substituents is 1. The number of carbonyl (C=O) groups is 1. The fourth-order valence-electron chi connectivity index (χ4n) is 0.996. The monoisotopic (exact) mass is 322 g/mol. The van der Waals surface area contributed by atoms with Gasteiger partial charge in [-0.2, -0.15) is 0 Å². The first kappa shape index (κ1) is 11.9. The summed E-state index contributed by atoms with van der Waals surface area (Å²) in [6.45, 7) is 0. The van der Waals surface area contributed by atoms with Gasteiger partial charge in [0.2, 0.25) is 0 Å². The molecule has 1 rings (SSSR count). The largest absolute Gasteiger partial charge is 0.283 e. The van der Waals surface area contributed by atoms with Crippen molar-refractivity contribution in [3.05, 3.63) is 37.4 Å². The molecule has 1 aromatic carbocycles. The Morgan fingerprint density at radius 2 is 2.27 bits per heavy atom. The Balaban J connectivity index is 3.17. The summed E-state index contributed by atoms with van der Waals surface area (Å²) in [7, 11) is 1.26. The molecular weight excluding hydrogens is 315 g/mol. The molecule has 6 nitrogen and oxygen atoms in total. The van der Waals surface area contributed by atoms with Crippen LogP contribution in [-0.2, 0) is 4.84 Å². The fourth-order valence-corrected chi connectivity index (χ4v) is 1.47. The molecule has 7 heteroatoms. The number of nitrogens with zero attached hydrogens (tertiary/aromatic N) is 1. The molecule has 0 radical (unpaired) electrons. The number of amides is 1. The summed E-state index contributed by atoms with van der Waals surface area (Å²) in [6, 6.07) is 4.32. The predicted octanol–water partition coefficient (Wildman–Crippen LogP) is 1.49. The van der Waals surface area contributed by atoms with E-state index in [0.717, 1.165) is 0 Å². The zero-order valence-corrected chi connectivity index (χ0v) is 9.85. The van der Waals surface area contributed by atoms with E-state index in [2.05, 4.69) is 4.84 Å². The van der Waals surface area contributed by atoms with Gasteiger partial charge in [0, 0.05) is 9.64 Å². The second kappa shape index (κ2) is 5.03. The third-order valence-corrected chi connectivity index (χ3v) is 2.27. The van der Waals surface area contributed by atoms with Crippen molar-refractivity contribution < 1.29 is 14.6 Å². The molecule has 0 spiro atoms. The molecule has 15 heavy (non-hydrogen) atoms. The highest BCUT2D eigenvalue weighted by Crippen LogP contribution is 2.21. The fraction of sp³-hybridized carbons (Fsp3) is 0.125. The smallest absolute Gasteiger partial charge is 0.277 e. The van der Waals surface area contributed by atoms with E-state index in [4.69, 9.17) is 0 Å². The first-order chi connectivity index (χ1) is 7.06. The van der Waals surface area contributed by atoms with Crippen LogP contribution in [0, 0.1) is 13.7 Å². The van der Waals surface area contributed by atoms with Gasteiger partial charge < -0.3 is 0 Å². The molecular formula is C8H7IN2O4. The molecule has 0 unspecified atom stereocenters. The minimum atomic E-state index is -0.638. The molecule has 0 heterocycles. The standard InChI is InChI=1S/C8H7IN2O4/c1-15-10-8(12)6-3-2-5(9)4-7(6)11(13)14/h2-4H,1H3,(H,10,12). The van der Waals surface area contributed by atoms with E-state index in [9.17, 15) is 14.9 Å². The van der Waals surface area contributed by atoms with Gasteiger partial charge >= 0.3 is 0 Å². The van der Waals surface area contributed by atoms with E-state index < -0.39 is 10.8 Å². The Hall–Kier alpha value is -1.22. The van der Waals surface area contributed by atoms with Gasteiger partial charge in [0.05, 0.1) is 12.0 Å². The van der Waals surface area contributed by atoms with Crippen molar-refractivity contribution >= 4 is 34.2 Å². The third-order valence-electron chi connectivity index (χ3n) is 1.60. The number of rotatable bonds is 3. The number of hydrogen-bond donors (Lipinski definition) is 1. The van der Waals surface area contributed by atoms with Gasteiger partial charge in [-0.1, -0.05) is 0 Å². The third kappa shape index (κ3) is 2.86. The molecule has 80 valence electrons. The molecule has 0 aliphatic rings. The Kier molecular flexibility index (Phi) is 3.97. The van der Waals surface area contributed by atoms with Crippen LogP contribution in [0.5, 0.6) is 0 Å². The summed E-state index contributed by atoms with van der Waals surface area (Å²) in [5.41, 5.74) is 1.77. The number of hydroxylamine groups is 1. The minimum absolute atomic E-state index is 0.0257. The zero-order chi connectivity index (χ0) is 11.4. The number of nitrogens with one attached hydrogen (secondary N) is 1. The number of nitro groups is 1. The maximum atomic E-state index is 11.3. The van der Waals surface area contributed by atoms with Crippen molar-refractivity contribution in [2.75, 3.05) is 7.11 Å². The second-order valence-electron chi connectivity index (χ2n) is 2.55. The van der Waals surface area contributed by atoms with E-state index in [-0.39, 0.29) is 11.3 Å². The highest BCUT2D eigenvalue weighted by Gasteiger charge is 2.20. The molecule has 0 aliphatic carbocycles. The lowest BCUT2D eigenvalue weighted by molar-refractivity contribution is -0.385. The van der Waals surface area contributed by atoms with E-state index >= 15 is 0 Å². The lowest BCUT2D eigenvalue weighted by Crippen LogP contribution is -2.22. The van der Waals surface area contributed by atoms with E-state index in [1.54, 1.807) is 6.07 Å². The van der Waals surface area contributed by atoms with Crippen LogP contribution in [-0.4, -0.2) is 17.9 Å².